The Morgan fingerprint density at radius 1 is 1.04 bits per heavy atom. The van der Waals surface area contributed by atoms with Crippen LogP contribution in [0.5, 0.6) is 0 Å². The molecule has 0 fully saturated rings. The van der Waals surface area contributed by atoms with E-state index in [1.165, 1.54) is 26.3 Å². The Morgan fingerprint density at radius 2 is 1.75 bits per heavy atom. The van der Waals surface area contributed by atoms with E-state index in [1.54, 1.807) is 24.3 Å². The fraction of sp³-hybridized carbons (Fsp3) is 0.588. The molecule has 0 spiro atoms. The van der Waals surface area contributed by atoms with Crippen molar-refractivity contribution >= 4 is 16.0 Å². The number of guanidine groups is 1. The van der Waals surface area contributed by atoms with Gasteiger partial charge in [0.2, 0.25) is 10.0 Å². The molecule has 0 aliphatic rings. The number of aliphatic imine (C=N–C) groups is 1. The smallest absolute Gasteiger partial charge is 0.240 e. The summed E-state index contributed by atoms with van der Waals surface area (Å²) in [5.41, 5.74) is 0.966. The Labute approximate surface area is 146 Å². The number of nitrogens with zero attached hydrogens (tertiary/aromatic N) is 1. The van der Waals surface area contributed by atoms with Gasteiger partial charge in [0.05, 0.1) is 11.4 Å². The van der Waals surface area contributed by atoms with Crippen LogP contribution in [0.4, 0.5) is 0 Å². The van der Waals surface area contributed by atoms with Gasteiger partial charge in [-0.2, -0.15) is 0 Å². The van der Waals surface area contributed by atoms with Gasteiger partial charge in [0.25, 0.3) is 0 Å². The van der Waals surface area contributed by atoms with E-state index in [1.807, 2.05) is 6.92 Å². The van der Waals surface area contributed by atoms with E-state index in [0.29, 0.717) is 6.54 Å². The maximum Gasteiger partial charge on any atom is 0.240 e. The molecule has 3 N–H and O–H groups in total. The van der Waals surface area contributed by atoms with Gasteiger partial charge in [-0.05, 0) is 38.1 Å². The summed E-state index contributed by atoms with van der Waals surface area (Å²) in [4.78, 5) is 4.81. The fourth-order valence-corrected chi connectivity index (χ4v) is 2.89. The van der Waals surface area contributed by atoms with Crippen molar-refractivity contribution in [2.24, 2.45) is 4.99 Å². The lowest BCUT2D eigenvalue weighted by atomic mass is 10.2. The van der Waals surface area contributed by atoms with Gasteiger partial charge in [0.15, 0.2) is 5.96 Å². The SMILES string of the molecule is CCCCCCNC(=NCc1ccc(S(=O)(=O)NC)cc1)NCC. The molecular formula is C17H30N4O2S. The van der Waals surface area contributed by atoms with Gasteiger partial charge in [-0.15, -0.1) is 0 Å². The van der Waals surface area contributed by atoms with Crippen LogP contribution >= 0.6 is 0 Å². The van der Waals surface area contributed by atoms with Crippen LogP contribution in [-0.2, 0) is 16.6 Å². The standard InChI is InChI=1S/C17H30N4O2S/c1-4-6-7-8-13-20-17(19-5-2)21-14-15-9-11-16(12-10-15)24(22,23)18-3/h9-12,18H,4-8,13-14H2,1-3H3,(H2,19,20,21). The van der Waals surface area contributed by atoms with E-state index in [0.717, 1.165) is 31.0 Å². The molecule has 0 aliphatic heterocycles. The third-order valence-corrected chi connectivity index (χ3v) is 5.02. The van der Waals surface area contributed by atoms with Crippen LogP contribution < -0.4 is 15.4 Å². The van der Waals surface area contributed by atoms with Crippen molar-refractivity contribution in [3.63, 3.8) is 0 Å². The maximum atomic E-state index is 11.7. The summed E-state index contributed by atoms with van der Waals surface area (Å²) in [6, 6.07) is 6.78. The second kappa shape index (κ2) is 11.0. The summed E-state index contributed by atoms with van der Waals surface area (Å²) in [5, 5.41) is 6.55. The zero-order chi connectivity index (χ0) is 17.8. The van der Waals surface area contributed by atoms with Crippen molar-refractivity contribution in [3.8, 4) is 0 Å². The number of nitrogens with one attached hydrogen (secondary N) is 3. The van der Waals surface area contributed by atoms with E-state index in [9.17, 15) is 8.42 Å². The van der Waals surface area contributed by atoms with E-state index in [-0.39, 0.29) is 4.90 Å². The average molecular weight is 355 g/mol. The van der Waals surface area contributed by atoms with Crippen LogP contribution in [0, 0.1) is 0 Å². The lowest BCUT2D eigenvalue weighted by molar-refractivity contribution is 0.588. The summed E-state index contributed by atoms with van der Waals surface area (Å²) in [7, 11) is -1.98. The number of rotatable bonds is 10. The Morgan fingerprint density at radius 3 is 2.33 bits per heavy atom. The lowest BCUT2D eigenvalue weighted by Gasteiger charge is -2.11. The molecule has 0 atom stereocenters. The third-order valence-electron chi connectivity index (χ3n) is 3.59. The predicted molar refractivity (Wildman–Crippen MR) is 99.6 cm³/mol. The zero-order valence-corrected chi connectivity index (χ0v) is 15.7. The van der Waals surface area contributed by atoms with Gasteiger partial charge in [-0.3, -0.25) is 0 Å². The summed E-state index contributed by atoms with van der Waals surface area (Å²) in [6.45, 7) is 6.45. The van der Waals surface area contributed by atoms with Gasteiger partial charge < -0.3 is 10.6 Å². The van der Waals surface area contributed by atoms with Crippen LogP contribution in [0.3, 0.4) is 0 Å². The number of unbranched alkanes of at least 4 members (excludes halogenated alkanes) is 3. The van der Waals surface area contributed by atoms with Crippen molar-refractivity contribution < 1.29 is 8.42 Å². The maximum absolute atomic E-state index is 11.7. The first-order chi connectivity index (χ1) is 11.5. The molecule has 1 aromatic rings. The van der Waals surface area contributed by atoms with Gasteiger partial charge in [-0.25, -0.2) is 18.1 Å². The highest BCUT2D eigenvalue weighted by Crippen LogP contribution is 2.10. The summed E-state index contributed by atoms with van der Waals surface area (Å²) < 4.78 is 25.7. The Bertz CT molecular complexity index is 598. The van der Waals surface area contributed by atoms with Crippen molar-refractivity contribution in [1.29, 1.82) is 0 Å². The molecule has 0 bridgehead atoms. The second-order valence-corrected chi connectivity index (χ2v) is 7.42. The molecule has 136 valence electrons. The molecule has 1 aromatic carbocycles. The molecule has 0 heterocycles. The predicted octanol–water partition coefficient (Wildman–Crippen LogP) is 2.23. The summed E-state index contributed by atoms with van der Waals surface area (Å²) >= 11 is 0. The monoisotopic (exact) mass is 354 g/mol. The van der Waals surface area contributed by atoms with Crippen LogP contribution in [0.2, 0.25) is 0 Å². The highest BCUT2D eigenvalue weighted by molar-refractivity contribution is 7.89. The first-order valence-corrected chi connectivity index (χ1v) is 10.1. The largest absolute Gasteiger partial charge is 0.357 e. The highest BCUT2D eigenvalue weighted by atomic mass is 32.2. The molecular weight excluding hydrogens is 324 g/mol. The zero-order valence-electron chi connectivity index (χ0n) is 14.9. The molecule has 0 saturated heterocycles. The van der Waals surface area contributed by atoms with E-state index in [4.69, 9.17) is 0 Å². The minimum Gasteiger partial charge on any atom is -0.357 e. The molecule has 0 aromatic heterocycles. The first kappa shape index (κ1) is 20.4. The Hall–Kier alpha value is -1.60. The lowest BCUT2D eigenvalue weighted by Crippen LogP contribution is -2.37. The number of hydrogen-bond donors (Lipinski definition) is 3. The van der Waals surface area contributed by atoms with Crippen LogP contribution in [0.1, 0.15) is 45.1 Å². The molecule has 0 aliphatic carbocycles. The minimum absolute atomic E-state index is 0.263. The van der Waals surface area contributed by atoms with E-state index < -0.39 is 10.0 Å². The van der Waals surface area contributed by atoms with Crippen molar-refractivity contribution in [3.05, 3.63) is 29.8 Å². The number of hydrogen-bond acceptors (Lipinski definition) is 3. The first-order valence-electron chi connectivity index (χ1n) is 8.58. The van der Waals surface area contributed by atoms with E-state index >= 15 is 0 Å². The molecule has 0 amide bonds. The highest BCUT2D eigenvalue weighted by Gasteiger charge is 2.10. The topological polar surface area (TPSA) is 82.6 Å². The van der Waals surface area contributed by atoms with Gasteiger partial charge in [-0.1, -0.05) is 38.3 Å². The van der Waals surface area contributed by atoms with Gasteiger partial charge in [0, 0.05) is 13.1 Å². The molecule has 6 nitrogen and oxygen atoms in total. The van der Waals surface area contributed by atoms with E-state index in [2.05, 4.69) is 27.3 Å². The molecule has 0 unspecified atom stereocenters. The number of sulfonamides is 1. The Kier molecular flexibility index (Phi) is 9.41. The van der Waals surface area contributed by atoms with Crippen molar-refractivity contribution in [2.45, 2.75) is 51.0 Å². The van der Waals surface area contributed by atoms with Crippen molar-refractivity contribution in [1.82, 2.24) is 15.4 Å². The second-order valence-electron chi connectivity index (χ2n) is 5.53. The molecule has 1 rings (SSSR count). The molecule has 24 heavy (non-hydrogen) atoms. The van der Waals surface area contributed by atoms with Gasteiger partial charge >= 0.3 is 0 Å². The minimum atomic E-state index is -3.39. The fourth-order valence-electron chi connectivity index (χ4n) is 2.16. The average Bonchev–Trinajstić information content (AvgIpc) is 2.59. The Balaban J connectivity index is 2.59. The normalized spacial score (nSPS) is 12.2. The third kappa shape index (κ3) is 7.31. The number of benzene rings is 1. The summed E-state index contributed by atoms with van der Waals surface area (Å²) in [5.74, 6) is 0.793. The molecule has 7 heteroatoms. The van der Waals surface area contributed by atoms with Crippen LogP contribution in [-0.4, -0.2) is 34.5 Å². The quantitative estimate of drug-likeness (QED) is 0.342. The van der Waals surface area contributed by atoms with Gasteiger partial charge in [0.1, 0.15) is 0 Å². The van der Waals surface area contributed by atoms with Crippen LogP contribution in [0.15, 0.2) is 34.2 Å². The molecule has 0 saturated carbocycles. The van der Waals surface area contributed by atoms with Crippen molar-refractivity contribution in [2.75, 3.05) is 20.1 Å². The summed E-state index contributed by atoms with van der Waals surface area (Å²) in [6.07, 6.45) is 4.85. The molecule has 0 radical (unpaired) electrons. The van der Waals surface area contributed by atoms with Crippen LogP contribution in [0.25, 0.3) is 0 Å².